The fourth-order valence-corrected chi connectivity index (χ4v) is 4.70. The van der Waals surface area contributed by atoms with Crippen molar-refractivity contribution in [3.8, 4) is 11.5 Å². The van der Waals surface area contributed by atoms with Crippen molar-refractivity contribution in [2.75, 3.05) is 25.2 Å². The Morgan fingerprint density at radius 1 is 1.03 bits per heavy atom. The Morgan fingerprint density at radius 3 is 2.57 bits per heavy atom. The van der Waals surface area contributed by atoms with Gasteiger partial charge in [0, 0.05) is 23.7 Å². The highest BCUT2D eigenvalue weighted by molar-refractivity contribution is 7.10. The third-order valence-electron chi connectivity index (χ3n) is 5.82. The van der Waals surface area contributed by atoms with Gasteiger partial charge < -0.3 is 24.6 Å². The Labute approximate surface area is 209 Å². The van der Waals surface area contributed by atoms with E-state index in [-0.39, 0.29) is 31.8 Å². The van der Waals surface area contributed by atoms with E-state index < -0.39 is 0 Å². The fourth-order valence-electron chi connectivity index (χ4n) is 3.78. The molecule has 2 heterocycles. The number of nitrogens with one attached hydrogen (secondary N) is 1. The van der Waals surface area contributed by atoms with Gasteiger partial charge in [-0.05, 0) is 60.2 Å². The van der Waals surface area contributed by atoms with E-state index in [9.17, 15) is 9.59 Å². The van der Waals surface area contributed by atoms with Crippen LogP contribution < -0.4 is 14.8 Å². The second kappa shape index (κ2) is 11.1. The van der Waals surface area contributed by atoms with E-state index in [1.54, 1.807) is 22.3 Å². The molecule has 0 spiro atoms. The molecule has 0 fully saturated rings. The maximum Gasteiger partial charge on any atom is 0.322 e. The number of nitrogens with zero attached hydrogens (tertiary/aromatic N) is 2. The van der Waals surface area contributed by atoms with Crippen LogP contribution in [-0.2, 0) is 17.9 Å². The first-order chi connectivity index (χ1) is 16.9. The van der Waals surface area contributed by atoms with E-state index in [0.717, 1.165) is 21.6 Å². The topological polar surface area (TPSA) is 71.1 Å². The van der Waals surface area contributed by atoms with E-state index in [0.29, 0.717) is 30.3 Å². The first-order valence-corrected chi connectivity index (χ1v) is 12.2. The number of fused-ring (bicyclic) bond motifs is 1. The van der Waals surface area contributed by atoms with Crippen molar-refractivity contribution in [2.45, 2.75) is 26.9 Å². The highest BCUT2D eigenvalue weighted by Crippen LogP contribution is 2.33. The number of aryl methyl sites for hydroxylation is 2. The molecule has 0 bridgehead atoms. The van der Waals surface area contributed by atoms with Crippen molar-refractivity contribution in [3.63, 3.8) is 0 Å². The number of benzene rings is 2. The van der Waals surface area contributed by atoms with E-state index in [1.807, 2.05) is 67.8 Å². The number of rotatable bonds is 9. The Bertz CT molecular complexity index is 1220. The van der Waals surface area contributed by atoms with Crippen molar-refractivity contribution < 1.29 is 19.1 Å². The molecule has 0 aliphatic carbocycles. The number of anilines is 1. The third-order valence-corrected chi connectivity index (χ3v) is 6.82. The van der Waals surface area contributed by atoms with Crippen LogP contribution in [0.15, 0.2) is 66.6 Å². The minimum Gasteiger partial charge on any atom is -0.454 e. The lowest BCUT2D eigenvalue weighted by Gasteiger charge is -2.27. The van der Waals surface area contributed by atoms with Crippen molar-refractivity contribution >= 4 is 29.0 Å². The molecule has 1 aliphatic heterocycles. The monoisotopic (exact) mass is 491 g/mol. The first kappa shape index (κ1) is 24.3. The van der Waals surface area contributed by atoms with Crippen molar-refractivity contribution in [3.05, 3.63) is 88.1 Å². The lowest BCUT2D eigenvalue weighted by atomic mass is 10.1. The number of para-hydroxylation sites is 1. The number of hydrogen-bond acceptors (Lipinski definition) is 5. The molecule has 0 saturated heterocycles. The number of amides is 3. The molecule has 4 rings (SSSR count). The summed E-state index contributed by atoms with van der Waals surface area (Å²) in [6, 6.07) is 14.9. The van der Waals surface area contributed by atoms with E-state index >= 15 is 0 Å². The quantitative estimate of drug-likeness (QED) is 0.410. The van der Waals surface area contributed by atoms with Crippen LogP contribution in [0.25, 0.3) is 0 Å². The van der Waals surface area contributed by atoms with Crippen molar-refractivity contribution in [1.29, 1.82) is 0 Å². The number of thiophene rings is 1. The Balaban J connectivity index is 1.52. The summed E-state index contributed by atoms with van der Waals surface area (Å²) < 4.78 is 10.9. The molecule has 2 aromatic carbocycles. The molecular weight excluding hydrogens is 462 g/mol. The molecule has 1 aromatic heterocycles. The van der Waals surface area contributed by atoms with Gasteiger partial charge in [0.05, 0.1) is 6.54 Å². The minimum absolute atomic E-state index is 0.0707. The molecule has 0 radical (unpaired) electrons. The maximum absolute atomic E-state index is 13.5. The van der Waals surface area contributed by atoms with Gasteiger partial charge in [0.15, 0.2) is 11.5 Å². The second-order valence-electron chi connectivity index (χ2n) is 8.38. The second-order valence-corrected chi connectivity index (χ2v) is 9.38. The summed E-state index contributed by atoms with van der Waals surface area (Å²) in [5, 5.41) is 4.93. The van der Waals surface area contributed by atoms with Crippen LogP contribution in [0.5, 0.6) is 11.5 Å². The molecule has 1 N–H and O–H groups in total. The summed E-state index contributed by atoms with van der Waals surface area (Å²) >= 11 is 1.62. The molecule has 182 valence electrons. The van der Waals surface area contributed by atoms with Gasteiger partial charge in [-0.3, -0.25) is 4.79 Å². The average Bonchev–Trinajstić information content (AvgIpc) is 3.48. The van der Waals surface area contributed by atoms with Gasteiger partial charge in [-0.1, -0.05) is 30.3 Å². The summed E-state index contributed by atoms with van der Waals surface area (Å²) in [4.78, 5) is 30.9. The van der Waals surface area contributed by atoms with Gasteiger partial charge in [-0.15, -0.1) is 17.9 Å². The number of hydrogen-bond donors (Lipinski definition) is 1. The number of ether oxygens (including phenoxy) is 2. The summed E-state index contributed by atoms with van der Waals surface area (Å²) in [6.07, 6.45) is 1.62. The van der Waals surface area contributed by atoms with Crippen molar-refractivity contribution in [1.82, 2.24) is 9.80 Å². The summed E-state index contributed by atoms with van der Waals surface area (Å²) in [7, 11) is 0. The first-order valence-electron chi connectivity index (χ1n) is 11.4. The van der Waals surface area contributed by atoms with Crippen LogP contribution in [0.1, 0.15) is 21.6 Å². The Hall–Kier alpha value is -3.78. The van der Waals surface area contributed by atoms with Gasteiger partial charge >= 0.3 is 6.03 Å². The number of carbonyl (C=O) groups is 2. The highest BCUT2D eigenvalue weighted by Gasteiger charge is 2.23. The lowest BCUT2D eigenvalue weighted by molar-refractivity contribution is -0.132. The molecule has 0 atom stereocenters. The van der Waals surface area contributed by atoms with Crippen LogP contribution >= 0.6 is 11.3 Å². The van der Waals surface area contributed by atoms with Gasteiger partial charge in [0.2, 0.25) is 12.7 Å². The fraction of sp³-hybridized carbons (Fsp3) is 0.259. The number of carbonyl (C=O) groups excluding carboxylic acids is 2. The van der Waals surface area contributed by atoms with E-state index in [4.69, 9.17) is 9.47 Å². The largest absolute Gasteiger partial charge is 0.454 e. The molecule has 8 heteroatoms. The zero-order valence-electron chi connectivity index (χ0n) is 20.0. The van der Waals surface area contributed by atoms with Crippen LogP contribution in [0.2, 0.25) is 0 Å². The standard InChI is InChI=1S/C27H29N3O4S/c1-4-12-29(27(32)28-22-8-6-5-7-19(22)2)17-26(31)30(16-25-20(3)11-13-35-25)15-21-9-10-23-24(14-21)34-18-33-23/h4-11,13-14H,1,12,15-18H2,2-3H3,(H,28,32). The molecule has 35 heavy (non-hydrogen) atoms. The smallest absolute Gasteiger partial charge is 0.322 e. The normalized spacial score (nSPS) is 11.7. The summed E-state index contributed by atoms with van der Waals surface area (Å²) in [6.45, 7) is 8.94. The summed E-state index contributed by atoms with van der Waals surface area (Å²) in [5.74, 6) is 1.22. The van der Waals surface area contributed by atoms with E-state index in [2.05, 4.69) is 11.9 Å². The van der Waals surface area contributed by atoms with Gasteiger partial charge in [-0.2, -0.15) is 0 Å². The molecule has 3 amide bonds. The SMILES string of the molecule is C=CCN(CC(=O)N(Cc1ccc2c(c1)OCO2)Cc1sccc1C)C(=O)Nc1ccccc1C. The molecule has 0 unspecified atom stereocenters. The Morgan fingerprint density at radius 2 is 1.83 bits per heavy atom. The van der Waals surface area contributed by atoms with Crippen LogP contribution in [0.4, 0.5) is 10.5 Å². The lowest BCUT2D eigenvalue weighted by Crippen LogP contribution is -2.44. The molecular formula is C27H29N3O4S. The molecule has 3 aromatic rings. The average molecular weight is 492 g/mol. The molecule has 7 nitrogen and oxygen atoms in total. The highest BCUT2D eigenvalue weighted by atomic mass is 32.1. The van der Waals surface area contributed by atoms with Gasteiger partial charge in [-0.25, -0.2) is 4.79 Å². The molecule has 0 saturated carbocycles. The van der Waals surface area contributed by atoms with Crippen LogP contribution in [0.3, 0.4) is 0 Å². The maximum atomic E-state index is 13.5. The van der Waals surface area contributed by atoms with Gasteiger partial charge in [0.1, 0.15) is 6.54 Å². The molecule has 1 aliphatic rings. The summed E-state index contributed by atoms with van der Waals surface area (Å²) in [5.41, 5.74) is 3.73. The zero-order valence-corrected chi connectivity index (χ0v) is 20.8. The van der Waals surface area contributed by atoms with Crippen LogP contribution in [0, 0.1) is 13.8 Å². The predicted molar refractivity (Wildman–Crippen MR) is 138 cm³/mol. The predicted octanol–water partition coefficient (Wildman–Crippen LogP) is 5.34. The number of urea groups is 1. The van der Waals surface area contributed by atoms with Crippen LogP contribution in [-0.4, -0.2) is 41.6 Å². The van der Waals surface area contributed by atoms with Crippen molar-refractivity contribution in [2.24, 2.45) is 0 Å². The third kappa shape index (κ3) is 6.02. The zero-order chi connectivity index (χ0) is 24.8. The Kier molecular flexibility index (Phi) is 7.72. The minimum atomic E-state index is -0.345. The van der Waals surface area contributed by atoms with E-state index in [1.165, 1.54) is 4.90 Å². The van der Waals surface area contributed by atoms with Gasteiger partial charge in [0.25, 0.3) is 0 Å².